The van der Waals surface area contributed by atoms with Crippen LogP contribution in [0.1, 0.15) is 37.0 Å². The second-order valence-corrected chi connectivity index (χ2v) is 8.64. The molecule has 0 unspecified atom stereocenters. The SMILES string of the molecule is CCC[C@H](C)NC(=O)COC(=O)c1cccc(S(=O)(=O)N(C)c2ccccc2)c1. The van der Waals surface area contributed by atoms with Gasteiger partial charge in [-0.2, -0.15) is 0 Å². The van der Waals surface area contributed by atoms with Gasteiger partial charge in [0.1, 0.15) is 0 Å². The third-order valence-electron chi connectivity index (χ3n) is 4.31. The number of carbonyl (C=O) groups is 2. The van der Waals surface area contributed by atoms with Crippen molar-refractivity contribution in [2.45, 2.75) is 37.6 Å². The fourth-order valence-electron chi connectivity index (χ4n) is 2.75. The minimum Gasteiger partial charge on any atom is -0.452 e. The molecule has 0 heterocycles. The van der Waals surface area contributed by atoms with Crippen molar-refractivity contribution in [2.24, 2.45) is 0 Å². The Morgan fingerprint density at radius 1 is 1.10 bits per heavy atom. The van der Waals surface area contributed by atoms with Gasteiger partial charge in [0.25, 0.3) is 15.9 Å². The van der Waals surface area contributed by atoms with Gasteiger partial charge < -0.3 is 10.1 Å². The molecule has 0 spiro atoms. The topological polar surface area (TPSA) is 92.8 Å². The molecule has 7 nitrogen and oxygen atoms in total. The van der Waals surface area contributed by atoms with Crippen LogP contribution in [0.4, 0.5) is 5.69 Å². The average molecular weight is 419 g/mol. The highest BCUT2D eigenvalue weighted by atomic mass is 32.2. The summed E-state index contributed by atoms with van der Waals surface area (Å²) in [6.07, 6.45) is 1.76. The van der Waals surface area contributed by atoms with Crippen LogP contribution in [0, 0.1) is 0 Å². The Bertz CT molecular complexity index is 945. The molecule has 0 aromatic heterocycles. The normalized spacial score (nSPS) is 12.1. The number of sulfonamides is 1. The summed E-state index contributed by atoms with van der Waals surface area (Å²) in [6, 6.07) is 14.2. The summed E-state index contributed by atoms with van der Waals surface area (Å²) in [5.74, 6) is -1.16. The zero-order valence-electron chi connectivity index (χ0n) is 16.8. The van der Waals surface area contributed by atoms with Gasteiger partial charge in [-0.05, 0) is 43.7 Å². The number of esters is 1. The molecule has 29 heavy (non-hydrogen) atoms. The molecule has 2 aromatic carbocycles. The maximum atomic E-state index is 12.9. The van der Waals surface area contributed by atoms with Crippen molar-refractivity contribution in [3.63, 3.8) is 0 Å². The molecule has 0 aliphatic carbocycles. The molecule has 0 bridgehead atoms. The van der Waals surface area contributed by atoms with E-state index in [1.165, 1.54) is 31.3 Å². The molecule has 0 radical (unpaired) electrons. The summed E-state index contributed by atoms with van der Waals surface area (Å²) in [6.45, 7) is 3.47. The summed E-state index contributed by atoms with van der Waals surface area (Å²) in [5.41, 5.74) is 0.556. The first kappa shape index (κ1) is 22.4. The quantitative estimate of drug-likeness (QED) is 0.632. The lowest BCUT2D eigenvalue weighted by molar-refractivity contribution is -0.124. The molecular formula is C21H26N2O5S. The standard InChI is InChI=1S/C21H26N2O5S/c1-4-9-16(2)22-20(24)15-28-21(25)17-10-8-13-19(14-17)29(26,27)23(3)18-11-6-5-7-12-18/h5-8,10-14,16H,4,9,15H2,1-3H3,(H,22,24)/t16-/m0/s1. The molecule has 1 amide bonds. The number of amides is 1. The Hall–Kier alpha value is -2.87. The van der Waals surface area contributed by atoms with E-state index in [0.29, 0.717) is 5.69 Å². The Morgan fingerprint density at radius 2 is 1.79 bits per heavy atom. The average Bonchev–Trinajstić information content (AvgIpc) is 2.72. The van der Waals surface area contributed by atoms with Crippen LogP contribution in [0.2, 0.25) is 0 Å². The molecule has 2 rings (SSSR count). The van der Waals surface area contributed by atoms with E-state index in [9.17, 15) is 18.0 Å². The van der Waals surface area contributed by atoms with E-state index in [1.54, 1.807) is 30.3 Å². The first-order valence-electron chi connectivity index (χ1n) is 9.36. The first-order chi connectivity index (χ1) is 13.8. The van der Waals surface area contributed by atoms with Crippen molar-refractivity contribution >= 4 is 27.6 Å². The molecule has 0 saturated heterocycles. The Morgan fingerprint density at radius 3 is 2.45 bits per heavy atom. The van der Waals surface area contributed by atoms with Gasteiger partial charge >= 0.3 is 5.97 Å². The van der Waals surface area contributed by atoms with Crippen LogP contribution in [0.15, 0.2) is 59.5 Å². The molecule has 8 heteroatoms. The largest absolute Gasteiger partial charge is 0.452 e. The predicted molar refractivity (Wildman–Crippen MR) is 111 cm³/mol. The summed E-state index contributed by atoms with van der Waals surface area (Å²) in [7, 11) is -2.41. The summed E-state index contributed by atoms with van der Waals surface area (Å²) >= 11 is 0. The molecule has 1 N–H and O–H groups in total. The molecule has 0 saturated carbocycles. The van der Waals surface area contributed by atoms with Crippen LogP contribution >= 0.6 is 0 Å². The van der Waals surface area contributed by atoms with E-state index in [1.807, 2.05) is 13.8 Å². The number of hydrogen-bond donors (Lipinski definition) is 1. The van der Waals surface area contributed by atoms with Crippen molar-refractivity contribution in [3.05, 3.63) is 60.2 Å². The number of anilines is 1. The lowest BCUT2D eigenvalue weighted by Crippen LogP contribution is -2.35. The maximum absolute atomic E-state index is 12.9. The molecule has 0 aliphatic rings. The number of hydrogen-bond acceptors (Lipinski definition) is 5. The number of nitrogens with zero attached hydrogens (tertiary/aromatic N) is 1. The number of ether oxygens (including phenoxy) is 1. The van der Waals surface area contributed by atoms with Crippen molar-refractivity contribution in [1.82, 2.24) is 5.32 Å². The molecule has 0 fully saturated rings. The first-order valence-corrected chi connectivity index (χ1v) is 10.8. The van der Waals surface area contributed by atoms with Gasteiger partial charge in [0, 0.05) is 13.1 Å². The van der Waals surface area contributed by atoms with Crippen molar-refractivity contribution in [1.29, 1.82) is 0 Å². The number of nitrogens with one attached hydrogen (secondary N) is 1. The van der Waals surface area contributed by atoms with Gasteiger partial charge in [-0.1, -0.05) is 37.6 Å². The van der Waals surface area contributed by atoms with Crippen molar-refractivity contribution < 1.29 is 22.7 Å². The van der Waals surface area contributed by atoms with E-state index in [-0.39, 0.29) is 16.5 Å². The van der Waals surface area contributed by atoms with Gasteiger partial charge in [0.2, 0.25) is 0 Å². The Balaban J connectivity index is 2.08. The smallest absolute Gasteiger partial charge is 0.338 e. The Kier molecular flexibility index (Phi) is 7.78. The lowest BCUT2D eigenvalue weighted by Gasteiger charge is -2.19. The van der Waals surface area contributed by atoms with Crippen LogP contribution in [-0.2, 0) is 19.6 Å². The molecule has 2 aromatic rings. The number of para-hydroxylation sites is 1. The highest BCUT2D eigenvalue weighted by molar-refractivity contribution is 7.92. The number of carbonyl (C=O) groups excluding carboxylic acids is 2. The fourth-order valence-corrected chi connectivity index (χ4v) is 4.00. The van der Waals surface area contributed by atoms with Gasteiger partial charge in [-0.15, -0.1) is 0 Å². The van der Waals surface area contributed by atoms with E-state index in [2.05, 4.69) is 5.32 Å². The minimum absolute atomic E-state index is 0.00630. The van der Waals surface area contributed by atoms with Crippen LogP contribution < -0.4 is 9.62 Å². The zero-order chi connectivity index (χ0) is 21.4. The van der Waals surface area contributed by atoms with Gasteiger partial charge in [0.05, 0.1) is 16.1 Å². The predicted octanol–water partition coefficient (Wildman–Crippen LogP) is 2.97. The highest BCUT2D eigenvalue weighted by Crippen LogP contribution is 2.22. The summed E-state index contributed by atoms with van der Waals surface area (Å²) in [4.78, 5) is 24.1. The van der Waals surface area contributed by atoms with E-state index < -0.39 is 28.5 Å². The molecule has 0 aliphatic heterocycles. The van der Waals surface area contributed by atoms with Crippen molar-refractivity contribution in [2.75, 3.05) is 18.0 Å². The van der Waals surface area contributed by atoms with Crippen molar-refractivity contribution in [3.8, 4) is 0 Å². The maximum Gasteiger partial charge on any atom is 0.338 e. The highest BCUT2D eigenvalue weighted by Gasteiger charge is 2.23. The third kappa shape index (κ3) is 6.05. The van der Waals surface area contributed by atoms with Crippen LogP contribution in [0.5, 0.6) is 0 Å². The van der Waals surface area contributed by atoms with E-state index >= 15 is 0 Å². The fraction of sp³-hybridized carbons (Fsp3) is 0.333. The van der Waals surface area contributed by atoms with Crippen LogP contribution in [0.25, 0.3) is 0 Å². The second-order valence-electron chi connectivity index (χ2n) is 6.67. The van der Waals surface area contributed by atoms with Crippen LogP contribution in [0.3, 0.4) is 0 Å². The lowest BCUT2D eigenvalue weighted by atomic mass is 10.2. The van der Waals surface area contributed by atoms with Gasteiger partial charge in [0.15, 0.2) is 6.61 Å². The third-order valence-corrected chi connectivity index (χ3v) is 6.09. The molecule has 1 atom stereocenters. The molecule has 156 valence electrons. The number of rotatable bonds is 9. The minimum atomic E-state index is -3.86. The van der Waals surface area contributed by atoms with Gasteiger partial charge in [-0.25, -0.2) is 13.2 Å². The monoisotopic (exact) mass is 418 g/mol. The Labute approximate surface area is 171 Å². The summed E-state index contributed by atoms with van der Waals surface area (Å²) in [5, 5.41) is 2.74. The van der Waals surface area contributed by atoms with Gasteiger partial charge in [-0.3, -0.25) is 9.10 Å². The van der Waals surface area contributed by atoms with E-state index in [0.717, 1.165) is 17.1 Å². The molecular weight excluding hydrogens is 392 g/mol. The van der Waals surface area contributed by atoms with E-state index in [4.69, 9.17) is 4.74 Å². The second kappa shape index (κ2) is 10.1. The number of benzene rings is 2. The summed E-state index contributed by atoms with van der Waals surface area (Å²) < 4.78 is 31.9. The van der Waals surface area contributed by atoms with Crippen LogP contribution in [-0.4, -0.2) is 40.0 Å². The zero-order valence-corrected chi connectivity index (χ0v) is 17.6.